The average Bonchev–Trinajstić information content (AvgIpc) is 1.56. The summed E-state index contributed by atoms with van der Waals surface area (Å²) in [5.41, 5.74) is 34.7. The highest BCUT2D eigenvalue weighted by atomic mass is 15.2. The number of hydrogen-bond donors (Lipinski definition) is 0. The Labute approximate surface area is 580 Å². The quantitative estimate of drug-likeness (QED) is 0.160. The topological polar surface area (TPSA) is 40.6 Å². The van der Waals surface area contributed by atoms with Gasteiger partial charge in [-0.2, -0.15) is 0 Å². The average molecular weight is 1280 g/mol. The lowest BCUT2D eigenvalue weighted by molar-refractivity contribution is 0.660. The summed E-state index contributed by atoms with van der Waals surface area (Å²) < 4.78 is 7.14. The summed E-state index contributed by atoms with van der Waals surface area (Å²) in [6, 6.07) is 111. The lowest BCUT2D eigenvalue weighted by Crippen LogP contribution is -2.14. The number of hydrogen-bond acceptors (Lipinski definition) is 2. The van der Waals surface area contributed by atoms with E-state index in [1.54, 1.807) is 0 Å². The van der Waals surface area contributed by atoms with Crippen molar-refractivity contribution in [1.82, 2.24) is 23.7 Å². The van der Waals surface area contributed by atoms with Crippen molar-refractivity contribution >= 4 is 76.3 Å². The predicted octanol–water partition coefficient (Wildman–Crippen LogP) is 24.5. The first-order valence-corrected chi connectivity index (χ1v) is 35.1. The van der Waals surface area contributed by atoms with Crippen molar-refractivity contribution in [3.05, 3.63) is 331 Å². The van der Waals surface area contributed by atoms with Gasteiger partial charge in [-0.1, -0.05) is 236 Å². The van der Waals surface area contributed by atoms with E-state index in [-0.39, 0.29) is 16.2 Å². The Bertz CT molecular complexity index is 6620. The number of benzene rings is 14. The van der Waals surface area contributed by atoms with Gasteiger partial charge in [0.15, 0.2) is 0 Å². The third-order valence-corrected chi connectivity index (χ3v) is 23.3. The minimum atomic E-state index is -0.108. The van der Waals surface area contributed by atoms with Gasteiger partial charge >= 0.3 is 0 Å². The molecule has 5 heteroatoms. The second kappa shape index (κ2) is 20.5. The molecular formula is C95H67N5. The second-order valence-corrected chi connectivity index (χ2v) is 29.7. The fourth-order valence-corrected chi connectivity index (χ4v) is 18.2. The zero-order chi connectivity index (χ0) is 66.7. The van der Waals surface area contributed by atoms with Gasteiger partial charge in [0, 0.05) is 70.9 Å². The van der Waals surface area contributed by atoms with Crippen molar-refractivity contribution < 1.29 is 0 Å². The molecule has 18 aromatic rings. The van der Waals surface area contributed by atoms with Crippen LogP contribution in [0.2, 0.25) is 0 Å². The van der Waals surface area contributed by atoms with Crippen molar-refractivity contribution in [3.8, 4) is 95.3 Å². The van der Waals surface area contributed by atoms with E-state index in [2.05, 4.69) is 352 Å². The van der Waals surface area contributed by atoms with Crippen molar-refractivity contribution in [2.75, 3.05) is 0 Å². The van der Waals surface area contributed by atoms with Crippen LogP contribution in [0, 0.1) is 0 Å². The van der Waals surface area contributed by atoms with Crippen LogP contribution in [0.25, 0.3) is 172 Å². The number of nitrogens with zero attached hydrogens (tertiary/aromatic N) is 5. The van der Waals surface area contributed by atoms with Crippen LogP contribution in [0.4, 0.5) is 0 Å². The summed E-state index contributed by atoms with van der Waals surface area (Å²) in [5.74, 6) is 0.619. The summed E-state index contributed by atoms with van der Waals surface area (Å²) in [5, 5.41) is 8.12. The third-order valence-electron chi connectivity index (χ3n) is 23.3. The molecule has 0 N–H and O–H groups in total. The Balaban J connectivity index is 0.716. The molecule has 0 radical (unpaired) electrons. The van der Waals surface area contributed by atoms with E-state index in [4.69, 9.17) is 9.97 Å². The highest BCUT2D eigenvalue weighted by Crippen LogP contribution is 2.54. The number of para-hydroxylation sites is 3. The van der Waals surface area contributed by atoms with Gasteiger partial charge < -0.3 is 9.13 Å². The van der Waals surface area contributed by atoms with Gasteiger partial charge in [0.05, 0.1) is 44.3 Å². The second-order valence-electron chi connectivity index (χ2n) is 29.7. The van der Waals surface area contributed by atoms with Crippen LogP contribution in [0.3, 0.4) is 0 Å². The third kappa shape index (κ3) is 7.94. The molecule has 0 unspecified atom stereocenters. The number of rotatable bonds is 7. The standard InChI is InChI=1S/C95H67N5/c1-93(2)78-25-13-7-19-65(78)68-42-33-60(52-81(68)93)57-36-46-88-74(49-57)71-22-10-16-28-85(71)98(88)63-39-31-56(32-40-63)91-77-55-64(99-86-29-17-11-23-72(86)75-50-58(37-47-89(75)99)61-34-43-69-66-20-8-14-26-79(66)94(3,4)82(69)53-61)41-45-84(77)96-92(97-91)100-87-30-18-12-24-73(87)76-51-59(38-48-90(76)100)62-35-44-70-67-21-9-15-27-80(67)95(5,6)83(70)54-62/h7-55H,1-6H3. The summed E-state index contributed by atoms with van der Waals surface area (Å²) in [4.78, 5) is 11.4. The maximum Gasteiger partial charge on any atom is 0.235 e. The zero-order valence-corrected chi connectivity index (χ0v) is 56.5. The fourth-order valence-electron chi connectivity index (χ4n) is 18.2. The molecule has 0 spiro atoms. The zero-order valence-electron chi connectivity index (χ0n) is 56.5. The SMILES string of the molecule is CC1(C)c2ccccc2-c2ccc(-c3ccc4c(c3)c3ccccc3n4-c3ccc(-c4nc(-n5c6ccccc6c6cc(-c7ccc8c(c7)C(C)(C)c7ccccc7-8)ccc65)nc5ccc(-n6c7ccccc7c7cc(-c8ccc9c(c8)C(C)(C)c8ccccc8-9)ccc76)cc45)cc3)cc21. The van der Waals surface area contributed by atoms with Gasteiger partial charge in [0.1, 0.15) is 0 Å². The van der Waals surface area contributed by atoms with Crippen LogP contribution in [0.15, 0.2) is 297 Å². The van der Waals surface area contributed by atoms with E-state index in [0.29, 0.717) is 5.95 Å². The molecule has 0 aliphatic heterocycles. The van der Waals surface area contributed by atoms with E-state index in [9.17, 15) is 0 Å². The fraction of sp³-hybridized carbons (Fsp3) is 0.0947. The Hall–Kier alpha value is -12.2. The summed E-state index contributed by atoms with van der Waals surface area (Å²) in [6.07, 6.45) is 0. The van der Waals surface area contributed by atoms with Crippen LogP contribution in [-0.4, -0.2) is 23.7 Å². The van der Waals surface area contributed by atoms with Crippen LogP contribution in [0.1, 0.15) is 74.9 Å². The Morgan fingerprint density at radius 3 is 0.980 bits per heavy atom. The Morgan fingerprint density at radius 2 is 0.540 bits per heavy atom. The van der Waals surface area contributed by atoms with Crippen LogP contribution < -0.4 is 0 Å². The number of fused-ring (bicyclic) bond motifs is 19. The molecule has 5 nitrogen and oxygen atoms in total. The van der Waals surface area contributed by atoms with Crippen molar-refractivity contribution in [2.45, 2.75) is 57.8 Å². The molecule has 3 aliphatic rings. The molecule has 0 saturated heterocycles. The molecule has 0 fully saturated rings. The Kier molecular flexibility index (Phi) is 11.6. The van der Waals surface area contributed by atoms with Crippen molar-refractivity contribution in [2.24, 2.45) is 0 Å². The Morgan fingerprint density at radius 1 is 0.220 bits per heavy atom. The molecule has 21 rings (SSSR count). The molecule has 4 aromatic heterocycles. The van der Waals surface area contributed by atoms with Gasteiger partial charge in [-0.05, 0) is 203 Å². The van der Waals surface area contributed by atoms with E-state index in [0.717, 1.165) is 77.4 Å². The molecular weight excluding hydrogens is 1210 g/mol. The molecule has 0 atom stereocenters. The minimum Gasteiger partial charge on any atom is -0.309 e. The highest BCUT2D eigenvalue weighted by molar-refractivity contribution is 6.14. The largest absolute Gasteiger partial charge is 0.309 e. The summed E-state index contributed by atoms with van der Waals surface area (Å²) >= 11 is 0. The van der Waals surface area contributed by atoms with E-state index >= 15 is 0 Å². The van der Waals surface area contributed by atoms with E-state index < -0.39 is 0 Å². The summed E-state index contributed by atoms with van der Waals surface area (Å²) in [7, 11) is 0. The van der Waals surface area contributed by atoms with E-state index in [1.807, 2.05) is 0 Å². The molecule has 14 aromatic carbocycles. The maximum absolute atomic E-state index is 5.82. The van der Waals surface area contributed by atoms with Gasteiger partial charge in [0.25, 0.3) is 0 Å². The summed E-state index contributed by atoms with van der Waals surface area (Å²) in [6.45, 7) is 14.2. The normalized spacial score (nSPS) is 14.3. The van der Waals surface area contributed by atoms with Gasteiger partial charge in [-0.15, -0.1) is 0 Å². The van der Waals surface area contributed by atoms with Gasteiger partial charge in [-0.25, -0.2) is 9.97 Å². The molecule has 4 heterocycles. The van der Waals surface area contributed by atoms with Crippen LogP contribution in [0.5, 0.6) is 0 Å². The van der Waals surface area contributed by atoms with Crippen LogP contribution >= 0.6 is 0 Å². The highest BCUT2D eigenvalue weighted by Gasteiger charge is 2.38. The first-order valence-electron chi connectivity index (χ1n) is 35.1. The lowest BCUT2D eigenvalue weighted by atomic mass is 9.81. The van der Waals surface area contributed by atoms with E-state index in [1.165, 1.54) is 122 Å². The molecule has 3 aliphatic carbocycles. The first kappa shape index (κ1) is 56.9. The van der Waals surface area contributed by atoms with Crippen LogP contribution in [-0.2, 0) is 16.2 Å². The van der Waals surface area contributed by atoms with Crippen molar-refractivity contribution in [1.29, 1.82) is 0 Å². The van der Waals surface area contributed by atoms with Gasteiger partial charge in [-0.3, -0.25) is 4.57 Å². The molecule has 100 heavy (non-hydrogen) atoms. The first-order chi connectivity index (χ1) is 48.8. The molecule has 472 valence electrons. The molecule has 0 saturated carbocycles. The smallest absolute Gasteiger partial charge is 0.235 e. The number of aromatic nitrogens is 5. The molecule has 0 bridgehead atoms. The predicted molar refractivity (Wildman–Crippen MR) is 417 cm³/mol. The van der Waals surface area contributed by atoms with Gasteiger partial charge in [0.2, 0.25) is 5.95 Å². The minimum absolute atomic E-state index is 0.0871. The maximum atomic E-state index is 5.82. The lowest BCUT2D eigenvalue weighted by Gasteiger charge is -2.22. The molecule has 0 amide bonds. The monoisotopic (exact) mass is 1280 g/mol. The van der Waals surface area contributed by atoms with Crippen molar-refractivity contribution in [3.63, 3.8) is 0 Å².